The Morgan fingerprint density at radius 3 is 2.29 bits per heavy atom. The van der Waals surface area contributed by atoms with Crippen molar-refractivity contribution in [3.8, 4) is 0 Å². The smallest absolute Gasteiger partial charge is 0.325 e. The van der Waals surface area contributed by atoms with Crippen LogP contribution in [0.5, 0.6) is 0 Å². The molecule has 108 valence electrons. The fourth-order valence-electron chi connectivity index (χ4n) is 2.12. The second-order valence-electron chi connectivity index (χ2n) is 4.55. The van der Waals surface area contributed by atoms with E-state index in [2.05, 4.69) is 0 Å². The molecule has 0 spiro atoms. The van der Waals surface area contributed by atoms with Gasteiger partial charge in [-0.3, -0.25) is 19.7 Å². The molecule has 0 amide bonds. The van der Waals surface area contributed by atoms with Crippen LogP contribution < -0.4 is 0 Å². The summed E-state index contributed by atoms with van der Waals surface area (Å²) >= 11 is 0. The summed E-state index contributed by atoms with van der Waals surface area (Å²) in [5, 5.41) is 29.2. The monoisotopic (exact) mass is 289 g/mol. The Bertz CT molecular complexity index is 674. The van der Waals surface area contributed by atoms with Gasteiger partial charge < -0.3 is 10.2 Å². The Morgan fingerprint density at radius 1 is 1.19 bits per heavy atom. The average molecular weight is 289 g/mol. The van der Waals surface area contributed by atoms with E-state index in [4.69, 9.17) is 10.2 Å². The number of carboxylic acids is 2. The minimum atomic E-state index is -2.02. The molecule has 0 radical (unpaired) electrons. The molecule has 7 nitrogen and oxygen atoms in total. The van der Waals surface area contributed by atoms with Gasteiger partial charge in [-0.25, -0.2) is 0 Å². The van der Waals surface area contributed by atoms with E-state index < -0.39 is 22.3 Å². The van der Waals surface area contributed by atoms with Gasteiger partial charge in [0, 0.05) is 6.07 Å². The van der Waals surface area contributed by atoms with Gasteiger partial charge in [0.1, 0.15) is 0 Å². The van der Waals surface area contributed by atoms with E-state index >= 15 is 0 Å². The molecule has 0 aromatic heterocycles. The minimum Gasteiger partial charge on any atom is -0.480 e. The van der Waals surface area contributed by atoms with E-state index in [0.29, 0.717) is 11.1 Å². The Labute approximate surface area is 119 Å². The number of nitrogens with zero attached hydrogens (tertiary/aromatic N) is 1. The fourth-order valence-corrected chi connectivity index (χ4v) is 2.12. The van der Waals surface area contributed by atoms with Gasteiger partial charge in [-0.05, 0) is 18.1 Å². The van der Waals surface area contributed by atoms with Crippen LogP contribution in [0, 0.1) is 15.5 Å². The van der Waals surface area contributed by atoms with E-state index in [0.717, 1.165) is 6.08 Å². The number of rotatable bonds is 4. The third-order valence-electron chi connectivity index (χ3n) is 3.37. The van der Waals surface area contributed by atoms with Crippen LogP contribution in [0.4, 0.5) is 5.69 Å². The fraction of sp³-hybridized carbons (Fsp3) is 0.143. The van der Waals surface area contributed by atoms with Gasteiger partial charge in [0.15, 0.2) is 5.41 Å². The van der Waals surface area contributed by atoms with Gasteiger partial charge >= 0.3 is 11.9 Å². The summed E-state index contributed by atoms with van der Waals surface area (Å²) in [4.78, 5) is 32.8. The maximum atomic E-state index is 11.2. The lowest BCUT2D eigenvalue weighted by molar-refractivity contribution is -0.385. The molecule has 2 N–H and O–H groups in total. The highest BCUT2D eigenvalue weighted by atomic mass is 16.6. The van der Waals surface area contributed by atoms with Crippen molar-refractivity contribution < 1.29 is 24.7 Å². The van der Waals surface area contributed by atoms with Crippen molar-refractivity contribution in [2.75, 3.05) is 0 Å². The molecule has 1 aromatic carbocycles. The molecule has 0 bridgehead atoms. The zero-order valence-corrected chi connectivity index (χ0v) is 10.7. The third kappa shape index (κ3) is 2.40. The highest BCUT2D eigenvalue weighted by molar-refractivity contribution is 6.02. The number of nitro benzene ring substituents is 1. The number of carboxylic acid groups (broad SMARTS) is 2. The lowest BCUT2D eigenvalue weighted by Gasteiger charge is -2.23. The van der Waals surface area contributed by atoms with Gasteiger partial charge in [0.25, 0.3) is 5.69 Å². The maximum absolute atomic E-state index is 11.2. The van der Waals surface area contributed by atoms with Crippen LogP contribution in [-0.4, -0.2) is 27.1 Å². The Hall–Kier alpha value is -2.96. The second-order valence-corrected chi connectivity index (χ2v) is 4.55. The number of allylic oxidation sites excluding steroid dienone is 3. The normalized spacial score (nSPS) is 16.1. The molecule has 21 heavy (non-hydrogen) atoms. The Balaban J connectivity index is 2.42. The van der Waals surface area contributed by atoms with E-state index in [9.17, 15) is 19.7 Å². The maximum Gasteiger partial charge on any atom is 0.325 e. The van der Waals surface area contributed by atoms with Crippen LogP contribution in [0.25, 0.3) is 5.57 Å². The molecule has 1 aliphatic rings. The van der Waals surface area contributed by atoms with Gasteiger partial charge in [-0.15, -0.1) is 0 Å². The molecule has 0 aliphatic heterocycles. The number of benzene rings is 1. The molecule has 1 aliphatic carbocycles. The summed E-state index contributed by atoms with van der Waals surface area (Å²) in [5.41, 5.74) is -1.39. The number of nitro groups is 1. The summed E-state index contributed by atoms with van der Waals surface area (Å²) in [6.07, 6.45) is 3.48. The summed E-state index contributed by atoms with van der Waals surface area (Å²) in [6.45, 7) is 0. The first kappa shape index (κ1) is 14.4. The predicted octanol–water partition coefficient (Wildman–Crippen LogP) is 2.09. The molecule has 0 atom stereocenters. The molecular formula is C14H11NO6. The van der Waals surface area contributed by atoms with Crippen LogP contribution >= 0.6 is 0 Å². The molecule has 0 saturated heterocycles. The largest absolute Gasteiger partial charge is 0.480 e. The molecule has 0 heterocycles. The topological polar surface area (TPSA) is 118 Å². The minimum absolute atomic E-state index is 0.119. The lowest BCUT2D eigenvalue weighted by atomic mass is 9.79. The zero-order chi connectivity index (χ0) is 15.6. The molecular weight excluding hydrogens is 278 g/mol. The Kier molecular flexibility index (Phi) is 3.58. The van der Waals surface area contributed by atoms with E-state index in [1.165, 1.54) is 30.4 Å². The van der Waals surface area contributed by atoms with E-state index in [-0.39, 0.29) is 12.1 Å². The quantitative estimate of drug-likeness (QED) is 0.498. The van der Waals surface area contributed by atoms with E-state index in [1.54, 1.807) is 6.07 Å². The van der Waals surface area contributed by atoms with Gasteiger partial charge in [0.2, 0.25) is 0 Å². The average Bonchev–Trinajstić information content (AvgIpc) is 2.46. The summed E-state index contributed by atoms with van der Waals surface area (Å²) in [7, 11) is 0. The standard InChI is InChI=1S/C14H11NO6/c16-12(17)14(13(18)19)7-5-9(6-8-14)10-3-1-2-4-11(10)15(20)21/h1-7H,8H2,(H,16,17)(H,18,19). The van der Waals surface area contributed by atoms with Crippen LogP contribution in [-0.2, 0) is 9.59 Å². The Morgan fingerprint density at radius 2 is 1.81 bits per heavy atom. The molecule has 2 rings (SSSR count). The highest BCUT2D eigenvalue weighted by Gasteiger charge is 2.44. The van der Waals surface area contributed by atoms with Gasteiger partial charge in [0.05, 0.1) is 10.5 Å². The van der Waals surface area contributed by atoms with Crippen molar-refractivity contribution in [3.05, 3.63) is 58.2 Å². The predicted molar refractivity (Wildman–Crippen MR) is 72.5 cm³/mol. The van der Waals surface area contributed by atoms with Gasteiger partial charge in [-0.2, -0.15) is 0 Å². The van der Waals surface area contributed by atoms with Crippen LogP contribution in [0.1, 0.15) is 12.0 Å². The molecule has 1 aromatic rings. The first-order chi connectivity index (χ1) is 9.88. The van der Waals surface area contributed by atoms with Gasteiger partial charge in [-0.1, -0.05) is 30.4 Å². The van der Waals surface area contributed by atoms with Crippen molar-refractivity contribution in [2.45, 2.75) is 6.42 Å². The first-order valence-electron chi connectivity index (χ1n) is 5.98. The SMILES string of the molecule is O=C(O)C1(C(=O)O)C=CC(c2ccccc2[N+](=O)[O-])=CC1. The number of hydrogen-bond acceptors (Lipinski definition) is 4. The van der Waals surface area contributed by atoms with Crippen LogP contribution in [0.15, 0.2) is 42.5 Å². The van der Waals surface area contributed by atoms with Crippen molar-refractivity contribution >= 4 is 23.2 Å². The zero-order valence-electron chi connectivity index (χ0n) is 10.7. The second kappa shape index (κ2) is 5.20. The molecule has 0 saturated carbocycles. The third-order valence-corrected chi connectivity index (χ3v) is 3.37. The number of aliphatic carboxylic acids is 2. The summed E-state index contributed by atoms with van der Waals surface area (Å²) in [5.74, 6) is -2.94. The number of carbonyl (C=O) groups is 2. The molecule has 0 unspecified atom stereocenters. The van der Waals surface area contributed by atoms with Crippen LogP contribution in [0.3, 0.4) is 0 Å². The van der Waals surface area contributed by atoms with Crippen molar-refractivity contribution in [1.82, 2.24) is 0 Å². The molecule has 7 heteroatoms. The van der Waals surface area contributed by atoms with E-state index in [1.807, 2.05) is 0 Å². The number of hydrogen-bond donors (Lipinski definition) is 2. The van der Waals surface area contributed by atoms with Crippen LogP contribution in [0.2, 0.25) is 0 Å². The lowest BCUT2D eigenvalue weighted by Crippen LogP contribution is -2.38. The van der Waals surface area contributed by atoms with Crippen molar-refractivity contribution in [1.29, 1.82) is 0 Å². The summed E-state index contributed by atoms with van der Waals surface area (Å²) in [6, 6.07) is 6.00. The highest BCUT2D eigenvalue weighted by Crippen LogP contribution is 2.36. The van der Waals surface area contributed by atoms with Crippen molar-refractivity contribution in [3.63, 3.8) is 0 Å². The molecule has 0 fully saturated rings. The summed E-state index contributed by atoms with van der Waals surface area (Å²) < 4.78 is 0. The number of para-hydroxylation sites is 1. The first-order valence-corrected chi connectivity index (χ1v) is 5.98. The van der Waals surface area contributed by atoms with Crippen molar-refractivity contribution in [2.24, 2.45) is 5.41 Å².